The van der Waals surface area contributed by atoms with Crippen molar-refractivity contribution in [3.63, 3.8) is 0 Å². The van der Waals surface area contributed by atoms with Crippen LogP contribution >= 0.6 is 24.0 Å². The van der Waals surface area contributed by atoms with E-state index in [1.54, 1.807) is 43.1 Å². The van der Waals surface area contributed by atoms with Crippen molar-refractivity contribution < 1.29 is 4.79 Å². The van der Waals surface area contributed by atoms with Crippen molar-refractivity contribution in [3.8, 4) is 5.69 Å². The Bertz CT molecular complexity index is 1800. The molecule has 2 fully saturated rings. The van der Waals surface area contributed by atoms with Gasteiger partial charge in [0.25, 0.3) is 17.0 Å². The van der Waals surface area contributed by atoms with Crippen LogP contribution < -0.4 is 21.3 Å². The lowest BCUT2D eigenvalue weighted by molar-refractivity contribution is -0.113. The third-order valence-electron chi connectivity index (χ3n) is 7.53. The van der Waals surface area contributed by atoms with Crippen LogP contribution in [0.1, 0.15) is 43.4 Å². The fraction of sp³-hybridized carbons (Fsp3) is 0.276. The van der Waals surface area contributed by atoms with Gasteiger partial charge < -0.3 is 5.32 Å². The third-order valence-corrected chi connectivity index (χ3v) is 8.83. The highest BCUT2D eigenvalue weighted by molar-refractivity contribution is 8.27. The molecule has 40 heavy (non-hydrogen) atoms. The summed E-state index contributed by atoms with van der Waals surface area (Å²) in [5.41, 5.74) is 1.66. The number of thiocarbonyl (C=S) groups is 1. The molecule has 0 atom stereocenters. The number of carbonyl (C=O) groups is 1. The second-order valence-electron chi connectivity index (χ2n) is 10.0. The second-order valence-corrected chi connectivity index (χ2v) is 11.7. The van der Waals surface area contributed by atoms with Crippen molar-refractivity contribution >= 4 is 57.4 Å². The van der Waals surface area contributed by atoms with Crippen molar-refractivity contribution in [2.45, 2.75) is 45.1 Å². The number of rotatable bonds is 5. The molecule has 4 aromatic rings. The highest BCUT2D eigenvalue weighted by Crippen LogP contribution is 2.37. The topological polar surface area (TPSA) is 93.6 Å². The first-order valence-electron chi connectivity index (χ1n) is 13.2. The minimum Gasteiger partial charge on any atom is -0.367 e. The van der Waals surface area contributed by atoms with E-state index >= 15 is 0 Å². The Balaban J connectivity index is 1.43. The normalized spacial score (nSPS) is 17.4. The molecular weight excluding hydrogens is 544 g/mol. The second kappa shape index (κ2) is 10.5. The number of para-hydroxylation sites is 1. The zero-order valence-corrected chi connectivity index (χ0v) is 23.8. The quantitative estimate of drug-likeness (QED) is 0.275. The summed E-state index contributed by atoms with van der Waals surface area (Å²) in [6, 6.07) is 14.8. The number of hydrogen-bond acceptors (Lipinski definition) is 7. The van der Waals surface area contributed by atoms with Gasteiger partial charge in [-0.2, -0.15) is 0 Å². The van der Waals surface area contributed by atoms with Gasteiger partial charge in [-0.25, -0.2) is 9.67 Å². The standard InChI is InChI=1S/C29H28N6O3S2/c1-18-24(28(38)35(32(18)2)20-13-7-4-8-14-20)34-27(37)22(40-29(34)39)17-21-25(30-19-11-5-3-6-12-19)31-23-15-9-10-16-33(23)26(21)36/h4,7-10,13-17,19,30H,3,5-6,11-12H2,1-2H3/b22-17+. The number of carbonyl (C=O) groups excluding carboxylic acids is 1. The van der Waals surface area contributed by atoms with Crippen molar-refractivity contribution in [3.05, 3.63) is 91.6 Å². The Morgan fingerprint density at radius 3 is 2.48 bits per heavy atom. The molecule has 0 unspecified atom stereocenters. The predicted octanol–water partition coefficient (Wildman–Crippen LogP) is 4.64. The van der Waals surface area contributed by atoms with Crippen molar-refractivity contribution in [2.75, 3.05) is 10.2 Å². The van der Waals surface area contributed by atoms with Gasteiger partial charge in [-0.05, 0) is 50.1 Å². The lowest BCUT2D eigenvalue weighted by Crippen LogP contribution is -2.33. The van der Waals surface area contributed by atoms with Gasteiger partial charge in [-0.3, -0.25) is 28.4 Å². The molecule has 0 spiro atoms. The lowest BCUT2D eigenvalue weighted by atomic mass is 9.95. The van der Waals surface area contributed by atoms with Crippen LogP contribution in [0.15, 0.2) is 69.2 Å². The minimum atomic E-state index is -0.442. The van der Waals surface area contributed by atoms with Gasteiger partial charge in [0.2, 0.25) is 0 Å². The van der Waals surface area contributed by atoms with Crippen LogP contribution in [0, 0.1) is 6.92 Å². The largest absolute Gasteiger partial charge is 0.367 e. The van der Waals surface area contributed by atoms with Gasteiger partial charge in [0.05, 0.1) is 21.8 Å². The number of thioether (sulfide) groups is 1. The van der Waals surface area contributed by atoms with Crippen LogP contribution in [0.25, 0.3) is 17.4 Å². The monoisotopic (exact) mass is 572 g/mol. The summed E-state index contributed by atoms with van der Waals surface area (Å²) in [4.78, 5) is 47.4. The maximum absolute atomic E-state index is 13.8. The SMILES string of the molecule is Cc1c(N2C(=O)/C(=C\c3c(NC4CCCCC4)nc4ccccn4c3=O)SC2=S)c(=O)n(-c2ccccc2)n1C. The molecule has 6 rings (SSSR count). The van der Waals surface area contributed by atoms with Crippen LogP contribution in [0.3, 0.4) is 0 Å². The number of hydrogen-bond donors (Lipinski definition) is 1. The molecule has 0 radical (unpaired) electrons. The summed E-state index contributed by atoms with van der Waals surface area (Å²) < 4.78 is 4.93. The molecule has 204 valence electrons. The summed E-state index contributed by atoms with van der Waals surface area (Å²) in [6.07, 6.45) is 8.66. The van der Waals surface area contributed by atoms with E-state index in [1.807, 2.05) is 36.4 Å². The molecule has 2 aliphatic rings. The molecule has 1 aromatic carbocycles. The van der Waals surface area contributed by atoms with Gasteiger partial charge in [0.1, 0.15) is 17.2 Å². The van der Waals surface area contributed by atoms with Gasteiger partial charge in [0, 0.05) is 19.3 Å². The van der Waals surface area contributed by atoms with E-state index in [4.69, 9.17) is 17.2 Å². The maximum Gasteiger partial charge on any atom is 0.296 e. The molecule has 0 bridgehead atoms. The van der Waals surface area contributed by atoms with Crippen LogP contribution in [-0.2, 0) is 11.8 Å². The van der Waals surface area contributed by atoms with E-state index in [9.17, 15) is 14.4 Å². The Morgan fingerprint density at radius 2 is 1.73 bits per heavy atom. The predicted molar refractivity (Wildman–Crippen MR) is 163 cm³/mol. The first kappa shape index (κ1) is 26.3. The zero-order chi connectivity index (χ0) is 28.0. The number of benzene rings is 1. The average Bonchev–Trinajstić information content (AvgIpc) is 3.36. The zero-order valence-electron chi connectivity index (χ0n) is 22.2. The van der Waals surface area contributed by atoms with E-state index in [-0.39, 0.29) is 32.1 Å². The van der Waals surface area contributed by atoms with Crippen LogP contribution in [0.4, 0.5) is 11.5 Å². The number of amides is 1. The van der Waals surface area contributed by atoms with Gasteiger partial charge in [-0.1, -0.05) is 67.5 Å². The van der Waals surface area contributed by atoms with E-state index in [0.29, 0.717) is 28.4 Å². The van der Waals surface area contributed by atoms with Crippen molar-refractivity contribution in [1.82, 2.24) is 18.7 Å². The first-order chi connectivity index (χ1) is 19.3. The van der Waals surface area contributed by atoms with E-state index in [2.05, 4.69) is 5.32 Å². The highest BCUT2D eigenvalue weighted by Gasteiger charge is 2.38. The summed E-state index contributed by atoms with van der Waals surface area (Å²) in [7, 11) is 1.77. The Hall–Kier alpha value is -3.96. The molecule has 1 saturated heterocycles. The fourth-order valence-corrected chi connectivity index (χ4v) is 6.64. The Morgan fingerprint density at radius 1 is 1.00 bits per heavy atom. The fourth-order valence-electron chi connectivity index (χ4n) is 5.39. The molecule has 11 heteroatoms. The maximum atomic E-state index is 13.8. The van der Waals surface area contributed by atoms with Gasteiger partial charge >= 0.3 is 0 Å². The smallest absolute Gasteiger partial charge is 0.296 e. The van der Waals surface area contributed by atoms with Crippen LogP contribution in [-0.4, -0.2) is 35.0 Å². The summed E-state index contributed by atoms with van der Waals surface area (Å²) >= 11 is 6.69. The summed E-state index contributed by atoms with van der Waals surface area (Å²) in [6.45, 7) is 1.78. The molecule has 1 aliphatic heterocycles. The van der Waals surface area contributed by atoms with E-state index in [1.165, 1.54) is 20.4 Å². The van der Waals surface area contributed by atoms with E-state index in [0.717, 1.165) is 37.4 Å². The van der Waals surface area contributed by atoms with Crippen LogP contribution in [0.2, 0.25) is 0 Å². The molecule has 1 saturated carbocycles. The number of pyridine rings is 1. The molecule has 4 heterocycles. The molecule has 1 N–H and O–H groups in total. The molecule has 3 aromatic heterocycles. The van der Waals surface area contributed by atoms with Crippen LogP contribution in [0.5, 0.6) is 0 Å². The summed E-state index contributed by atoms with van der Waals surface area (Å²) in [5, 5.41) is 3.48. The lowest BCUT2D eigenvalue weighted by Gasteiger charge is -2.24. The highest BCUT2D eigenvalue weighted by atomic mass is 32.2. The minimum absolute atomic E-state index is 0.200. The number of anilines is 2. The molecular formula is C29H28N6O3S2. The number of nitrogens with one attached hydrogen (secondary N) is 1. The van der Waals surface area contributed by atoms with Gasteiger partial charge in [-0.15, -0.1) is 0 Å². The molecule has 1 amide bonds. The van der Waals surface area contributed by atoms with E-state index < -0.39 is 5.91 Å². The Labute approximate surface area is 240 Å². The average molecular weight is 573 g/mol. The van der Waals surface area contributed by atoms with Crippen molar-refractivity contribution in [2.24, 2.45) is 7.05 Å². The number of nitrogens with zero attached hydrogens (tertiary/aromatic N) is 5. The third kappa shape index (κ3) is 4.48. The number of aromatic nitrogens is 4. The number of fused-ring (bicyclic) bond motifs is 1. The first-order valence-corrected chi connectivity index (χ1v) is 14.5. The van der Waals surface area contributed by atoms with Crippen molar-refractivity contribution in [1.29, 1.82) is 0 Å². The Kier molecular flexibility index (Phi) is 6.93. The summed E-state index contributed by atoms with van der Waals surface area (Å²) in [5.74, 6) is 0.0119. The molecule has 9 nitrogen and oxygen atoms in total. The van der Waals surface area contributed by atoms with Gasteiger partial charge in [0.15, 0.2) is 4.32 Å². The molecule has 1 aliphatic carbocycles.